The van der Waals surface area contributed by atoms with Crippen LogP contribution in [-0.4, -0.2) is 42.9 Å². The van der Waals surface area contributed by atoms with Crippen molar-refractivity contribution in [1.29, 1.82) is 0 Å². The number of fused-ring (bicyclic) bond motifs is 1. The highest BCUT2D eigenvalue weighted by atomic mass is 16.5. The second kappa shape index (κ2) is 9.16. The lowest BCUT2D eigenvalue weighted by molar-refractivity contribution is -0.121. The molecule has 3 aromatic rings. The molecular formula is C21H22N4O6. The highest BCUT2D eigenvalue weighted by molar-refractivity contribution is 6.05. The van der Waals surface area contributed by atoms with Gasteiger partial charge in [-0.25, -0.2) is 4.68 Å². The number of hydrogen-bond donors (Lipinski definition) is 2. The maximum absolute atomic E-state index is 12.6. The van der Waals surface area contributed by atoms with E-state index in [2.05, 4.69) is 16.0 Å². The fourth-order valence-corrected chi connectivity index (χ4v) is 3.12. The zero-order valence-corrected chi connectivity index (χ0v) is 17.5. The number of aryl methyl sites for hydroxylation is 1. The SMILES string of the molecule is COc1cc(CC(=O)NNC(=O)c2nn(C)c(=O)c3ccccc23)cc(OC)c1OC. The number of rotatable bonds is 6. The van der Waals surface area contributed by atoms with Gasteiger partial charge in [0.25, 0.3) is 11.5 Å². The summed E-state index contributed by atoms with van der Waals surface area (Å²) in [7, 11) is 5.89. The standard InChI is InChI=1S/C21H22N4O6/c1-25-21(28)14-8-6-5-7-13(14)18(24-25)20(27)23-22-17(26)11-12-9-15(29-2)19(31-4)16(10-12)30-3/h5-10H,11H2,1-4H3,(H,22,26)(H,23,27). The van der Waals surface area contributed by atoms with Crippen molar-refractivity contribution in [3.05, 3.63) is 58.0 Å². The van der Waals surface area contributed by atoms with Crippen LogP contribution < -0.4 is 30.6 Å². The van der Waals surface area contributed by atoms with Crippen molar-refractivity contribution in [1.82, 2.24) is 20.6 Å². The smallest absolute Gasteiger partial charge is 0.290 e. The molecule has 0 aliphatic carbocycles. The Labute approximate surface area is 177 Å². The number of amides is 2. The summed E-state index contributed by atoms with van der Waals surface area (Å²) < 4.78 is 16.9. The Bertz CT molecular complexity index is 1180. The molecule has 3 rings (SSSR count). The van der Waals surface area contributed by atoms with Crippen molar-refractivity contribution in [3.63, 3.8) is 0 Å². The van der Waals surface area contributed by atoms with Crippen LogP contribution in [0.5, 0.6) is 17.2 Å². The van der Waals surface area contributed by atoms with Crippen molar-refractivity contribution < 1.29 is 23.8 Å². The lowest BCUT2D eigenvalue weighted by atomic mass is 10.1. The summed E-state index contributed by atoms with van der Waals surface area (Å²) in [6.07, 6.45) is -0.0571. The Morgan fingerprint density at radius 3 is 2.16 bits per heavy atom. The summed E-state index contributed by atoms with van der Waals surface area (Å²) in [6.45, 7) is 0. The lowest BCUT2D eigenvalue weighted by Gasteiger charge is -2.14. The molecule has 1 aromatic heterocycles. The van der Waals surface area contributed by atoms with Gasteiger partial charge in [0, 0.05) is 12.4 Å². The van der Waals surface area contributed by atoms with Gasteiger partial charge in [-0.3, -0.25) is 25.2 Å². The van der Waals surface area contributed by atoms with Crippen molar-refractivity contribution in [3.8, 4) is 17.2 Å². The molecule has 0 saturated heterocycles. The van der Waals surface area contributed by atoms with E-state index < -0.39 is 11.8 Å². The van der Waals surface area contributed by atoms with Crippen LogP contribution in [0.15, 0.2) is 41.2 Å². The fourth-order valence-electron chi connectivity index (χ4n) is 3.12. The third kappa shape index (κ3) is 4.42. The highest BCUT2D eigenvalue weighted by Crippen LogP contribution is 2.38. The normalized spacial score (nSPS) is 10.5. The monoisotopic (exact) mass is 426 g/mol. The molecule has 0 unspecified atom stereocenters. The molecule has 2 amide bonds. The van der Waals surface area contributed by atoms with Gasteiger partial charge >= 0.3 is 0 Å². The number of nitrogens with zero attached hydrogens (tertiary/aromatic N) is 2. The third-order valence-electron chi connectivity index (χ3n) is 4.58. The number of benzene rings is 2. The van der Waals surface area contributed by atoms with Crippen molar-refractivity contribution in [2.75, 3.05) is 21.3 Å². The first-order chi connectivity index (χ1) is 14.9. The van der Waals surface area contributed by atoms with Crippen LogP contribution in [0.2, 0.25) is 0 Å². The number of nitrogens with one attached hydrogen (secondary N) is 2. The average molecular weight is 426 g/mol. The highest BCUT2D eigenvalue weighted by Gasteiger charge is 2.18. The summed E-state index contributed by atoms with van der Waals surface area (Å²) in [5.74, 6) is 0.112. The number of carbonyl (C=O) groups excluding carboxylic acids is 2. The van der Waals surface area contributed by atoms with Gasteiger partial charge in [-0.15, -0.1) is 0 Å². The Kier molecular flexibility index (Phi) is 6.39. The van der Waals surface area contributed by atoms with Crippen molar-refractivity contribution >= 4 is 22.6 Å². The Morgan fingerprint density at radius 2 is 1.58 bits per heavy atom. The molecule has 0 atom stereocenters. The molecule has 0 aliphatic rings. The molecule has 10 nitrogen and oxygen atoms in total. The minimum Gasteiger partial charge on any atom is -0.493 e. The van der Waals surface area contributed by atoms with E-state index in [9.17, 15) is 14.4 Å². The van der Waals surface area contributed by atoms with Crippen LogP contribution in [-0.2, 0) is 18.3 Å². The number of aromatic nitrogens is 2. The van der Waals surface area contributed by atoms with Crippen LogP contribution >= 0.6 is 0 Å². The quantitative estimate of drug-likeness (QED) is 0.563. The van der Waals surface area contributed by atoms with E-state index in [-0.39, 0.29) is 17.7 Å². The van der Waals surface area contributed by atoms with E-state index >= 15 is 0 Å². The van der Waals surface area contributed by atoms with E-state index in [4.69, 9.17) is 14.2 Å². The molecule has 0 aliphatic heterocycles. The maximum atomic E-state index is 12.6. The van der Waals surface area contributed by atoms with Gasteiger partial charge in [0.1, 0.15) is 0 Å². The Morgan fingerprint density at radius 1 is 0.968 bits per heavy atom. The van der Waals surface area contributed by atoms with Crippen LogP contribution in [0.4, 0.5) is 0 Å². The molecule has 162 valence electrons. The van der Waals surface area contributed by atoms with Crippen LogP contribution in [0.1, 0.15) is 16.1 Å². The Hall–Kier alpha value is -4.08. The molecule has 0 radical (unpaired) electrons. The van der Waals surface area contributed by atoms with Gasteiger partial charge in [-0.2, -0.15) is 5.10 Å². The molecule has 31 heavy (non-hydrogen) atoms. The summed E-state index contributed by atoms with van der Waals surface area (Å²) in [6, 6.07) is 9.92. The largest absolute Gasteiger partial charge is 0.493 e. The van der Waals surface area contributed by atoms with Crippen LogP contribution in [0, 0.1) is 0 Å². The van der Waals surface area contributed by atoms with E-state index in [1.807, 2.05) is 0 Å². The van der Waals surface area contributed by atoms with Gasteiger partial charge in [0.15, 0.2) is 17.2 Å². The molecule has 2 aromatic carbocycles. The minimum absolute atomic E-state index is 0.0192. The van der Waals surface area contributed by atoms with E-state index in [1.165, 1.54) is 28.4 Å². The molecule has 1 heterocycles. The zero-order chi connectivity index (χ0) is 22.5. The van der Waals surface area contributed by atoms with Gasteiger partial charge in [0.05, 0.1) is 33.1 Å². The molecule has 0 spiro atoms. The topological polar surface area (TPSA) is 121 Å². The number of methoxy groups -OCH3 is 3. The Balaban J connectivity index is 1.75. The first kappa shape index (κ1) is 21.6. The van der Waals surface area contributed by atoms with Crippen LogP contribution in [0.3, 0.4) is 0 Å². The van der Waals surface area contributed by atoms with Crippen LogP contribution in [0.25, 0.3) is 10.8 Å². The van der Waals surface area contributed by atoms with Gasteiger partial charge in [-0.05, 0) is 23.8 Å². The molecule has 0 fully saturated rings. The maximum Gasteiger partial charge on any atom is 0.290 e. The molecular weight excluding hydrogens is 404 g/mol. The number of carbonyl (C=O) groups is 2. The summed E-state index contributed by atoms with van der Waals surface area (Å²) >= 11 is 0. The first-order valence-electron chi connectivity index (χ1n) is 9.23. The second-order valence-corrected chi connectivity index (χ2v) is 6.54. The summed E-state index contributed by atoms with van der Waals surface area (Å²) in [5, 5.41) is 4.77. The van der Waals surface area contributed by atoms with Crippen molar-refractivity contribution in [2.24, 2.45) is 7.05 Å². The zero-order valence-electron chi connectivity index (χ0n) is 17.5. The van der Waals surface area contributed by atoms with Gasteiger partial charge in [-0.1, -0.05) is 18.2 Å². The minimum atomic E-state index is -0.648. The summed E-state index contributed by atoms with van der Waals surface area (Å²) in [5.41, 5.74) is 4.98. The second-order valence-electron chi connectivity index (χ2n) is 6.54. The van der Waals surface area contributed by atoms with Gasteiger partial charge in [0.2, 0.25) is 11.7 Å². The number of hydrogen-bond acceptors (Lipinski definition) is 7. The predicted octanol–water partition coefficient (Wildman–Crippen LogP) is 0.963. The average Bonchev–Trinajstić information content (AvgIpc) is 2.79. The molecule has 0 bridgehead atoms. The summed E-state index contributed by atoms with van der Waals surface area (Å²) in [4.78, 5) is 37.2. The molecule has 0 saturated carbocycles. The lowest BCUT2D eigenvalue weighted by Crippen LogP contribution is -2.43. The van der Waals surface area contributed by atoms with Crippen molar-refractivity contribution in [2.45, 2.75) is 6.42 Å². The molecule has 2 N–H and O–H groups in total. The predicted molar refractivity (Wildman–Crippen MR) is 112 cm³/mol. The third-order valence-corrected chi connectivity index (χ3v) is 4.58. The van der Waals surface area contributed by atoms with Gasteiger partial charge < -0.3 is 14.2 Å². The van der Waals surface area contributed by atoms with E-state index in [0.29, 0.717) is 33.6 Å². The molecule has 10 heteroatoms. The number of ether oxygens (including phenoxy) is 3. The number of hydrazine groups is 1. The first-order valence-corrected chi connectivity index (χ1v) is 9.23. The van der Waals surface area contributed by atoms with E-state index in [1.54, 1.807) is 36.4 Å². The van der Waals surface area contributed by atoms with E-state index in [0.717, 1.165) is 4.68 Å². The fraction of sp³-hybridized carbons (Fsp3) is 0.238.